The zero-order valence-corrected chi connectivity index (χ0v) is 27.5. The lowest BCUT2D eigenvalue weighted by Gasteiger charge is -2.33. The molecule has 11 heteroatoms. The van der Waals surface area contributed by atoms with Crippen LogP contribution in [0.2, 0.25) is 5.02 Å². The molecule has 0 aromatic heterocycles. The molecule has 1 atom stereocenters. The van der Waals surface area contributed by atoms with E-state index >= 15 is 0 Å². The molecule has 0 heterocycles. The van der Waals surface area contributed by atoms with Crippen molar-refractivity contribution in [3.05, 3.63) is 124 Å². The van der Waals surface area contributed by atoms with E-state index in [9.17, 15) is 18.0 Å². The molecule has 0 unspecified atom stereocenters. The molecule has 0 aliphatic rings. The molecule has 0 saturated heterocycles. The van der Waals surface area contributed by atoms with Gasteiger partial charge in [0.25, 0.3) is 10.0 Å². The number of rotatable bonds is 13. The second-order valence-corrected chi connectivity index (χ2v) is 13.1. The van der Waals surface area contributed by atoms with Crippen LogP contribution < -0.4 is 14.4 Å². The summed E-state index contributed by atoms with van der Waals surface area (Å²) in [4.78, 5) is 29.3. The lowest BCUT2D eigenvalue weighted by atomic mass is 10.0. The van der Waals surface area contributed by atoms with Gasteiger partial charge in [-0.25, -0.2) is 8.42 Å². The highest BCUT2D eigenvalue weighted by molar-refractivity contribution is 9.10. The minimum absolute atomic E-state index is 0.0231. The Balaban J connectivity index is 1.78. The molecule has 4 aromatic rings. The highest BCUT2D eigenvalue weighted by Gasteiger charge is 2.34. The molecule has 230 valence electrons. The number of hydrogen-bond donors (Lipinski definition) is 1. The third-order valence-electron chi connectivity index (χ3n) is 6.93. The maximum absolute atomic E-state index is 14.4. The summed E-state index contributed by atoms with van der Waals surface area (Å²) in [5.74, 6) is -0.394. The number of amides is 2. The fourth-order valence-electron chi connectivity index (χ4n) is 4.64. The number of carbonyl (C=O) groups is 2. The Kier molecular flexibility index (Phi) is 11.4. The summed E-state index contributed by atoms with van der Waals surface area (Å²) in [6.45, 7) is 1.70. The standard InChI is InChI=1S/C33H33BrClN3O5S/c1-3-36-33(40)31(21-24-7-5-4-6-8-24)37(22-25-9-11-26(34)12-10-25)32(39)23-38(28-15-13-27(35)14-16-28)44(41,42)30-19-17-29(43-2)18-20-30/h4-20,31H,3,21-23H2,1-2H3,(H,36,40)/t31-/m1/s1. The maximum atomic E-state index is 14.4. The van der Waals surface area contributed by atoms with Gasteiger partial charge in [-0.2, -0.15) is 0 Å². The highest BCUT2D eigenvalue weighted by atomic mass is 79.9. The van der Waals surface area contributed by atoms with E-state index in [4.69, 9.17) is 16.3 Å². The second-order valence-electron chi connectivity index (χ2n) is 9.91. The number of carbonyl (C=O) groups excluding carboxylic acids is 2. The largest absolute Gasteiger partial charge is 0.497 e. The second kappa shape index (κ2) is 15.2. The predicted molar refractivity (Wildman–Crippen MR) is 176 cm³/mol. The Hall–Kier alpha value is -3.86. The fraction of sp³-hybridized carbons (Fsp3) is 0.212. The smallest absolute Gasteiger partial charge is 0.264 e. The van der Waals surface area contributed by atoms with Crippen LogP contribution in [0.3, 0.4) is 0 Å². The van der Waals surface area contributed by atoms with Crippen molar-refractivity contribution in [1.29, 1.82) is 0 Å². The normalized spacial score (nSPS) is 11.8. The molecule has 8 nitrogen and oxygen atoms in total. The van der Waals surface area contributed by atoms with Gasteiger partial charge in [-0.1, -0.05) is 70.0 Å². The summed E-state index contributed by atoms with van der Waals surface area (Å²) in [5.41, 5.74) is 1.89. The number of halogens is 2. The first-order chi connectivity index (χ1) is 21.1. The number of hydrogen-bond acceptors (Lipinski definition) is 5. The van der Waals surface area contributed by atoms with Gasteiger partial charge in [-0.15, -0.1) is 0 Å². The molecular formula is C33H33BrClN3O5S. The molecule has 4 rings (SSSR count). The molecule has 0 radical (unpaired) electrons. The molecule has 0 bridgehead atoms. The van der Waals surface area contributed by atoms with Crippen molar-refractivity contribution in [1.82, 2.24) is 10.2 Å². The van der Waals surface area contributed by atoms with Gasteiger partial charge in [0.2, 0.25) is 11.8 Å². The number of sulfonamides is 1. The van der Waals surface area contributed by atoms with Gasteiger partial charge >= 0.3 is 0 Å². The van der Waals surface area contributed by atoms with Crippen LogP contribution in [0.1, 0.15) is 18.1 Å². The Morgan fingerprint density at radius 3 is 2.11 bits per heavy atom. The Bertz CT molecular complexity index is 1650. The molecule has 1 N–H and O–H groups in total. The Morgan fingerprint density at radius 2 is 1.52 bits per heavy atom. The van der Waals surface area contributed by atoms with E-state index in [0.29, 0.717) is 17.3 Å². The molecular weight excluding hydrogens is 666 g/mol. The van der Waals surface area contributed by atoms with E-state index in [2.05, 4.69) is 21.2 Å². The van der Waals surface area contributed by atoms with Crippen molar-refractivity contribution in [3.63, 3.8) is 0 Å². The van der Waals surface area contributed by atoms with Gasteiger partial charge in [0, 0.05) is 29.0 Å². The van der Waals surface area contributed by atoms with Crippen LogP contribution in [0.25, 0.3) is 0 Å². The number of nitrogens with one attached hydrogen (secondary N) is 1. The van der Waals surface area contributed by atoms with Crippen LogP contribution in [-0.4, -0.2) is 51.4 Å². The van der Waals surface area contributed by atoms with Crippen LogP contribution in [0.4, 0.5) is 5.69 Å². The van der Waals surface area contributed by atoms with Gasteiger partial charge < -0.3 is 15.0 Å². The van der Waals surface area contributed by atoms with Gasteiger partial charge in [0.15, 0.2) is 0 Å². The molecule has 44 heavy (non-hydrogen) atoms. The summed E-state index contributed by atoms with van der Waals surface area (Å²) in [6, 6.07) is 28.0. The van der Waals surface area contributed by atoms with Crippen molar-refractivity contribution < 1.29 is 22.7 Å². The lowest BCUT2D eigenvalue weighted by molar-refractivity contribution is -0.140. The lowest BCUT2D eigenvalue weighted by Crippen LogP contribution is -2.53. The van der Waals surface area contributed by atoms with E-state index in [1.165, 1.54) is 24.1 Å². The minimum Gasteiger partial charge on any atom is -0.497 e. The summed E-state index contributed by atoms with van der Waals surface area (Å²) in [5, 5.41) is 3.27. The molecule has 0 spiro atoms. The predicted octanol–water partition coefficient (Wildman–Crippen LogP) is 6.08. The fourth-order valence-corrected chi connectivity index (χ4v) is 6.45. The van der Waals surface area contributed by atoms with Gasteiger partial charge in [-0.3, -0.25) is 13.9 Å². The molecule has 0 saturated carbocycles. The first-order valence-corrected chi connectivity index (χ1v) is 16.5. The van der Waals surface area contributed by atoms with E-state index in [0.717, 1.165) is 19.9 Å². The third kappa shape index (κ3) is 8.40. The number of ether oxygens (including phenoxy) is 1. The topological polar surface area (TPSA) is 96.0 Å². The van der Waals surface area contributed by atoms with Crippen LogP contribution in [0.15, 0.2) is 112 Å². The SMILES string of the molecule is CCNC(=O)[C@@H](Cc1ccccc1)N(Cc1ccc(Br)cc1)C(=O)CN(c1ccc(Cl)cc1)S(=O)(=O)c1ccc(OC)cc1. The van der Waals surface area contributed by atoms with Crippen molar-refractivity contribution in [2.45, 2.75) is 30.8 Å². The van der Waals surface area contributed by atoms with Gasteiger partial charge in [0.1, 0.15) is 18.3 Å². The molecule has 4 aromatic carbocycles. The molecule has 0 aliphatic carbocycles. The van der Waals surface area contributed by atoms with E-state index < -0.39 is 28.5 Å². The van der Waals surface area contributed by atoms with Crippen molar-refractivity contribution in [3.8, 4) is 5.75 Å². The zero-order chi connectivity index (χ0) is 31.7. The number of methoxy groups -OCH3 is 1. The molecule has 0 aliphatic heterocycles. The maximum Gasteiger partial charge on any atom is 0.264 e. The van der Waals surface area contributed by atoms with Crippen LogP contribution >= 0.6 is 27.5 Å². The van der Waals surface area contributed by atoms with Gasteiger partial charge in [-0.05, 0) is 78.7 Å². The Morgan fingerprint density at radius 1 is 0.886 bits per heavy atom. The summed E-state index contributed by atoms with van der Waals surface area (Å²) in [7, 11) is -2.74. The van der Waals surface area contributed by atoms with Crippen LogP contribution in [0.5, 0.6) is 5.75 Å². The number of likely N-dealkylation sites (N-methyl/N-ethyl adjacent to an activating group) is 1. The summed E-state index contributed by atoms with van der Waals surface area (Å²) < 4.78 is 35.2. The van der Waals surface area contributed by atoms with Crippen molar-refractivity contribution >= 4 is 55.1 Å². The molecule has 2 amide bonds. The third-order valence-corrected chi connectivity index (χ3v) is 9.50. The summed E-state index contributed by atoms with van der Waals surface area (Å²) in [6.07, 6.45) is 0.237. The average Bonchev–Trinajstić information content (AvgIpc) is 3.03. The Labute approximate surface area is 271 Å². The number of benzene rings is 4. The highest BCUT2D eigenvalue weighted by Crippen LogP contribution is 2.27. The monoisotopic (exact) mass is 697 g/mol. The first-order valence-electron chi connectivity index (χ1n) is 13.9. The van der Waals surface area contributed by atoms with Crippen molar-refractivity contribution in [2.24, 2.45) is 0 Å². The van der Waals surface area contributed by atoms with E-state index in [-0.39, 0.29) is 29.5 Å². The zero-order valence-electron chi connectivity index (χ0n) is 24.3. The number of anilines is 1. The van der Waals surface area contributed by atoms with Gasteiger partial charge in [0.05, 0.1) is 17.7 Å². The summed E-state index contributed by atoms with van der Waals surface area (Å²) >= 11 is 9.56. The quantitative estimate of drug-likeness (QED) is 0.183. The average molecular weight is 699 g/mol. The van der Waals surface area contributed by atoms with E-state index in [1.807, 2.05) is 61.5 Å². The van der Waals surface area contributed by atoms with Crippen molar-refractivity contribution in [2.75, 3.05) is 24.5 Å². The van der Waals surface area contributed by atoms with Crippen LogP contribution in [0, 0.1) is 0 Å². The first kappa shape index (κ1) is 33.0. The minimum atomic E-state index is -4.23. The number of nitrogens with zero attached hydrogens (tertiary/aromatic N) is 2. The van der Waals surface area contributed by atoms with E-state index in [1.54, 1.807) is 36.4 Å². The molecule has 0 fully saturated rings. The van der Waals surface area contributed by atoms with Crippen LogP contribution in [-0.2, 0) is 32.6 Å².